The van der Waals surface area contributed by atoms with Crippen molar-refractivity contribution >= 4 is 6.29 Å². The summed E-state index contributed by atoms with van der Waals surface area (Å²) in [6.45, 7) is 3.14. The lowest BCUT2D eigenvalue weighted by Gasteiger charge is -2.05. The van der Waals surface area contributed by atoms with Crippen LogP contribution in [0.4, 0.5) is 0 Å². The van der Waals surface area contributed by atoms with Crippen molar-refractivity contribution in [3.63, 3.8) is 0 Å². The molecular formula is C15H16N2O. The van der Waals surface area contributed by atoms with Gasteiger partial charge in [-0.15, -0.1) is 0 Å². The Morgan fingerprint density at radius 1 is 1.17 bits per heavy atom. The molecule has 0 saturated heterocycles. The second kappa shape index (κ2) is 6.07. The van der Waals surface area contributed by atoms with E-state index in [9.17, 15) is 4.79 Å². The normalized spacial score (nSPS) is 10.3. The van der Waals surface area contributed by atoms with E-state index in [1.807, 2.05) is 19.3 Å². The van der Waals surface area contributed by atoms with Crippen molar-refractivity contribution in [2.24, 2.45) is 0 Å². The van der Waals surface area contributed by atoms with Gasteiger partial charge in [0.25, 0.3) is 0 Å². The Morgan fingerprint density at radius 3 is 2.61 bits per heavy atom. The molecule has 3 heteroatoms. The van der Waals surface area contributed by atoms with E-state index in [-0.39, 0.29) is 0 Å². The second-order valence-corrected chi connectivity index (χ2v) is 4.25. The topological polar surface area (TPSA) is 42.0 Å². The van der Waals surface area contributed by atoms with Gasteiger partial charge >= 0.3 is 0 Å². The Kier molecular flexibility index (Phi) is 4.20. The zero-order valence-electron chi connectivity index (χ0n) is 10.4. The van der Waals surface area contributed by atoms with Gasteiger partial charge in [0.2, 0.25) is 0 Å². The average molecular weight is 240 g/mol. The van der Waals surface area contributed by atoms with Crippen LogP contribution in [0, 0.1) is 6.92 Å². The fourth-order valence-corrected chi connectivity index (χ4v) is 1.80. The third-order valence-electron chi connectivity index (χ3n) is 2.72. The summed E-state index contributed by atoms with van der Waals surface area (Å²) >= 11 is 0. The highest BCUT2D eigenvalue weighted by Gasteiger charge is 1.99. The van der Waals surface area contributed by atoms with Crippen LogP contribution in [-0.2, 0) is 11.3 Å². The van der Waals surface area contributed by atoms with E-state index in [1.165, 1.54) is 5.56 Å². The van der Waals surface area contributed by atoms with Crippen molar-refractivity contribution in [3.8, 4) is 11.1 Å². The number of carbonyl (C=O) groups is 1. The lowest BCUT2D eigenvalue weighted by atomic mass is 10.0. The third kappa shape index (κ3) is 3.25. The zero-order chi connectivity index (χ0) is 12.8. The number of aromatic nitrogens is 1. The number of carbonyl (C=O) groups excluding carboxylic acids is 1. The molecular weight excluding hydrogens is 224 g/mol. The van der Waals surface area contributed by atoms with Gasteiger partial charge in [-0.2, -0.15) is 0 Å². The number of rotatable bonds is 5. The Hall–Kier alpha value is -2.00. The number of nitrogens with zero attached hydrogens (tertiary/aromatic N) is 1. The standard InChI is InChI=1S/C15H16N2O/c1-12-8-15(11-17-9-12)14-4-2-13(3-5-14)10-16-6-7-18/h2-5,7-9,11,16H,6,10H2,1H3. The maximum absolute atomic E-state index is 10.2. The molecule has 1 aromatic heterocycles. The molecule has 92 valence electrons. The van der Waals surface area contributed by atoms with Crippen LogP contribution in [0.3, 0.4) is 0 Å². The van der Waals surface area contributed by atoms with Crippen molar-refractivity contribution in [3.05, 3.63) is 53.9 Å². The molecule has 2 rings (SSSR count). The molecule has 0 bridgehead atoms. The highest BCUT2D eigenvalue weighted by Crippen LogP contribution is 2.19. The fourth-order valence-electron chi connectivity index (χ4n) is 1.80. The van der Waals surface area contributed by atoms with Crippen molar-refractivity contribution < 1.29 is 4.79 Å². The molecule has 0 saturated carbocycles. The van der Waals surface area contributed by atoms with Gasteiger partial charge in [0.1, 0.15) is 6.29 Å². The van der Waals surface area contributed by atoms with Gasteiger partial charge in [-0.3, -0.25) is 4.98 Å². The van der Waals surface area contributed by atoms with Gasteiger partial charge in [-0.25, -0.2) is 0 Å². The first-order valence-corrected chi connectivity index (χ1v) is 5.95. The second-order valence-electron chi connectivity index (χ2n) is 4.25. The van der Waals surface area contributed by atoms with E-state index in [0.717, 1.165) is 23.0 Å². The highest BCUT2D eigenvalue weighted by atomic mass is 16.1. The monoisotopic (exact) mass is 240 g/mol. The summed E-state index contributed by atoms with van der Waals surface area (Å²) in [7, 11) is 0. The minimum Gasteiger partial charge on any atom is -0.306 e. The van der Waals surface area contributed by atoms with Gasteiger partial charge in [0, 0.05) is 24.5 Å². The van der Waals surface area contributed by atoms with E-state index in [4.69, 9.17) is 0 Å². The molecule has 1 N–H and O–H groups in total. The van der Waals surface area contributed by atoms with Gasteiger partial charge in [-0.1, -0.05) is 24.3 Å². The number of aryl methyl sites for hydroxylation is 1. The maximum Gasteiger partial charge on any atom is 0.133 e. The first-order chi connectivity index (χ1) is 8.79. The van der Waals surface area contributed by atoms with E-state index in [1.54, 1.807) is 0 Å². The molecule has 1 aromatic carbocycles. The maximum atomic E-state index is 10.2. The Labute approximate surface area is 107 Å². The van der Waals surface area contributed by atoms with Crippen LogP contribution in [0.2, 0.25) is 0 Å². The number of nitrogens with one attached hydrogen (secondary N) is 1. The Morgan fingerprint density at radius 2 is 1.94 bits per heavy atom. The molecule has 0 unspecified atom stereocenters. The molecule has 0 aliphatic carbocycles. The van der Waals surface area contributed by atoms with Crippen molar-refractivity contribution in [2.75, 3.05) is 6.54 Å². The SMILES string of the molecule is Cc1cncc(-c2ccc(CNCC=O)cc2)c1. The Balaban J connectivity index is 2.10. The third-order valence-corrected chi connectivity index (χ3v) is 2.72. The number of pyridine rings is 1. The average Bonchev–Trinajstić information content (AvgIpc) is 2.40. The van der Waals surface area contributed by atoms with Crippen LogP contribution in [-0.4, -0.2) is 17.8 Å². The molecule has 1 heterocycles. The van der Waals surface area contributed by atoms with Gasteiger partial charge < -0.3 is 10.1 Å². The number of hydrogen-bond acceptors (Lipinski definition) is 3. The molecule has 3 nitrogen and oxygen atoms in total. The van der Waals surface area contributed by atoms with Crippen LogP contribution in [0.15, 0.2) is 42.7 Å². The predicted molar refractivity (Wildman–Crippen MR) is 72.2 cm³/mol. The minimum atomic E-state index is 0.392. The highest BCUT2D eigenvalue weighted by molar-refractivity contribution is 5.63. The van der Waals surface area contributed by atoms with Crippen molar-refractivity contribution in [2.45, 2.75) is 13.5 Å². The molecule has 0 radical (unpaired) electrons. The first kappa shape index (κ1) is 12.5. The quantitative estimate of drug-likeness (QED) is 0.644. The summed E-state index contributed by atoms with van der Waals surface area (Å²) in [4.78, 5) is 14.4. The van der Waals surface area contributed by atoms with E-state index >= 15 is 0 Å². The van der Waals surface area contributed by atoms with E-state index in [0.29, 0.717) is 13.1 Å². The predicted octanol–water partition coefficient (Wildman–Crippen LogP) is 2.35. The van der Waals surface area contributed by atoms with Crippen molar-refractivity contribution in [1.82, 2.24) is 10.3 Å². The summed E-state index contributed by atoms with van der Waals surface area (Å²) in [5.41, 5.74) is 4.61. The minimum absolute atomic E-state index is 0.392. The van der Waals surface area contributed by atoms with Crippen LogP contribution < -0.4 is 5.32 Å². The molecule has 2 aromatic rings. The molecule has 18 heavy (non-hydrogen) atoms. The van der Waals surface area contributed by atoms with Crippen LogP contribution in [0.1, 0.15) is 11.1 Å². The molecule has 0 spiro atoms. The number of benzene rings is 1. The lowest BCUT2D eigenvalue weighted by molar-refractivity contribution is -0.107. The summed E-state index contributed by atoms with van der Waals surface area (Å²) in [6.07, 6.45) is 4.58. The van der Waals surface area contributed by atoms with Gasteiger partial charge in [-0.05, 0) is 29.7 Å². The van der Waals surface area contributed by atoms with Gasteiger partial charge in [0.05, 0.1) is 6.54 Å². The van der Waals surface area contributed by atoms with Crippen molar-refractivity contribution in [1.29, 1.82) is 0 Å². The fraction of sp³-hybridized carbons (Fsp3) is 0.200. The largest absolute Gasteiger partial charge is 0.306 e. The zero-order valence-corrected chi connectivity index (χ0v) is 10.4. The summed E-state index contributed by atoms with van der Waals surface area (Å²) < 4.78 is 0. The molecule has 0 atom stereocenters. The molecule has 0 amide bonds. The number of hydrogen-bond donors (Lipinski definition) is 1. The van der Waals surface area contributed by atoms with Gasteiger partial charge in [0.15, 0.2) is 0 Å². The van der Waals surface area contributed by atoms with E-state index in [2.05, 4.69) is 40.6 Å². The smallest absolute Gasteiger partial charge is 0.133 e. The van der Waals surface area contributed by atoms with Crippen LogP contribution >= 0.6 is 0 Å². The number of aldehydes is 1. The molecule has 0 fully saturated rings. The Bertz CT molecular complexity index is 520. The lowest BCUT2D eigenvalue weighted by Crippen LogP contribution is -2.15. The molecule has 0 aliphatic heterocycles. The van der Waals surface area contributed by atoms with E-state index < -0.39 is 0 Å². The first-order valence-electron chi connectivity index (χ1n) is 5.95. The summed E-state index contributed by atoms with van der Waals surface area (Å²) in [5.74, 6) is 0. The molecule has 0 aliphatic rings. The van der Waals surface area contributed by atoms with Crippen LogP contribution in [0.5, 0.6) is 0 Å². The summed E-state index contributed by atoms with van der Waals surface area (Å²) in [6, 6.07) is 10.4. The summed E-state index contributed by atoms with van der Waals surface area (Å²) in [5, 5.41) is 3.04. The van der Waals surface area contributed by atoms with Crippen LogP contribution in [0.25, 0.3) is 11.1 Å².